The van der Waals surface area contributed by atoms with Crippen LogP contribution in [0.25, 0.3) is 0 Å². The minimum Gasteiger partial charge on any atom is -0.370 e. The van der Waals surface area contributed by atoms with Gasteiger partial charge in [-0.1, -0.05) is 24.3 Å². The fourth-order valence-electron chi connectivity index (χ4n) is 3.11. The van der Waals surface area contributed by atoms with Crippen molar-refractivity contribution < 1.29 is 14.5 Å². The molecule has 0 bridgehead atoms. The molecular formula is C17H20N4O4. The molecule has 2 atom stereocenters. The fraction of sp³-hybridized carbons (Fsp3) is 0.412. The van der Waals surface area contributed by atoms with Gasteiger partial charge in [0.15, 0.2) is 0 Å². The Labute approximate surface area is 144 Å². The van der Waals surface area contributed by atoms with E-state index in [1.165, 1.54) is 6.92 Å². The number of nitrogens with zero attached hydrogens (tertiary/aromatic N) is 3. The van der Waals surface area contributed by atoms with E-state index in [2.05, 4.69) is 10.2 Å². The van der Waals surface area contributed by atoms with Gasteiger partial charge in [-0.2, -0.15) is 5.10 Å². The van der Waals surface area contributed by atoms with E-state index in [0.29, 0.717) is 13.2 Å². The van der Waals surface area contributed by atoms with E-state index >= 15 is 0 Å². The number of amides is 1. The summed E-state index contributed by atoms with van der Waals surface area (Å²) in [6.07, 6.45) is -0.263. The maximum Gasteiger partial charge on any atom is 0.322 e. The van der Waals surface area contributed by atoms with Gasteiger partial charge in [0.25, 0.3) is 5.91 Å². The van der Waals surface area contributed by atoms with E-state index in [-0.39, 0.29) is 29.2 Å². The number of carbonyl (C=O) groups is 1. The summed E-state index contributed by atoms with van der Waals surface area (Å²) >= 11 is 0. The number of nitro groups is 1. The largest absolute Gasteiger partial charge is 0.370 e. The van der Waals surface area contributed by atoms with Crippen LogP contribution < -0.4 is 0 Å². The molecule has 2 aromatic rings. The van der Waals surface area contributed by atoms with E-state index in [9.17, 15) is 14.9 Å². The van der Waals surface area contributed by atoms with E-state index < -0.39 is 10.8 Å². The summed E-state index contributed by atoms with van der Waals surface area (Å²) in [5.41, 5.74) is 1.94. The lowest BCUT2D eigenvalue weighted by Crippen LogP contribution is -2.48. The molecule has 1 aromatic carbocycles. The fourth-order valence-corrected chi connectivity index (χ4v) is 3.11. The van der Waals surface area contributed by atoms with Crippen LogP contribution in [0.3, 0.4) is 0 Å². The molecule has 1 aromatic heterocycles. The van der Waals surface area contributed by atoms with Crippen molar-refractivity contribution in [1.82, 2.24) is 15.1 Å². The Kier molecular flexibility index (Phi) is 4.54. The molecule has 0 saturated carbocycles. The van der Waals surface area contributed by atoms with Gasteiger partial charge in [-0.25, -0.2) is 0 Å². The lowest BCUT2D eigenvalue weighted by molar-refractivity contribution is -0.385. The third-order valence-electron chi connectivity index (χ3n) is 4.53. The van der Waals surface area contributed by atoms with Crippen LogP contribution in [0.1, 0.15) is 40.3 Å². The molecule has 1 fully saturated rings. The molecule has 3 rings (SSSR count). The zero-order chi connectivity index (χ0) is 18.1. The van der Waals surface area contributed by atoms with E-state index in [0.717, 1.165) is 11.1 Å². The maximum atomic E-state index is 12.9. The van der Waals surface area contributed by atoms with Crippen molar-refractivity contribution in [3.63, 3.8) is 0 Å². The molecule has 2 heterocycles. The van der Waals surface area contributed by atoms with Gasteiger partial charge < -0.3 is 9.64 Å². The lowest BCUT2D eigenvalue weighted by Gasteiger charge is -2.38. The van der Waals surface area contributed by atoms with E-state index in [1.54, 1.807) is 4.90 Å². The Hall–Kier alpha value is -2.74. The Morgan fingerprint density at radius 2 is 2.12 bits per heavy atom. The highest BCUT2D eigenvalue weighted by Gasteiger charge is 2.36. The lowest BCUT2D eigenvalue weighted by atomic mass is 10.0. The molecule has 1 aliphatic rings. The number of H-pyrrole nitrogens is 1. The average Bonchev–Trinajstić information content (AvgIpc) is 2.97. The van der Waals surface area contributed by atoms with Crippen molar-refractivity contribution in [2.75, 3.05) is 13.2 Å². The van der Waals surface area contributed by atoms with Crippen molar-refractivity contribution in [2.24, 2.45) is 0 Å². The molecule has 8 heteroatoms. The summed E-state index contributed by atoms with van der Waals surface area (Å²) < 4.78 is 5.90. The molecule has 132 valence electrons. The Bertz CT molecular complexity index is 817. The second-order valence-electron chi connectivity index (χ2n) is 6.29. The summed E-state index contributed by atoms with van der Waals surface area (Å²) in [4.78, 5) is 25.2. The molecule has 0 aliphatic carbocycles. The van der Waals surface area contributed by atoms with Crippen LogP contribution in [-0.4, -0.2) is 45.1 Å². The third-order valence-corrected chi connectivity index (χ3v) is 4.53. The first-order valence-electron chi connectivity index (χ1n) is 8.07. The van der Waals surface area contributed by atoms with Gasteiger partial charge in [0.1, 0.15) is 11.8 Å². The smallest absolute Gasteiger partial charge is 0.322 e. The molecule has 1 saturated heterocycles. The van der Waals surface area contributed by atoms with Crippen LogP contribution >= 0.6 is 0 Å². The second-order valence-corrected chi connectivity index (χ2v) is 6.29. The van der Waals surface area contributed by atoms with Gasteiger partial charge in [-0.05, 0) is 31.9 Å². The molecule has 0 unspecified atom stereocenters. The molecule has 8 nitrogen and oxygen atoms in total. The van der Waals surface area contributed by atoms with Gasteiger partial charge in [-0.3, -0.25) is 20.0 Å². The number of benzene rings is 1. The number of aromatic nitrogens is 2. The monoisotopic (exact) mass is 344 g/mol. The van der Waals surface area contributed by atoms with Crippen LogP contribution in [0, 0.1) is 24.0 Å². The topological polar surface area (TPSA) is 101 Å². The summed E-state index contributed by atoms with van der Waals surface area (Å²) in [7, 11) is 0. The Morgan fingerprint density at radius 3 is 2.80 bits per heavy atom. The Balaban J connectivity index is 1.89. The summed E-state index contributed by atoms with van der Waals surface area (Å²) in [6, 6.07) is 7.65. The van der Waals surface area contributed by atoms with Crippen molar-refractivity contribution >= 4 is 11.6 Å². The van der Waals surface area contributed by atoms with Crippen LogP contribution in [0.15, 0.2) is 24.3 Å². The molecular weight excluding hydrogens is 324 g/mol. The molecule has 1 amide bonds. The number of hydrogen-bond donors (Lipinski definition) is 1. The minimum absolute atomic E-state index is 0.153. The van der Waals surface area contributed by atoms with E-state index in [4.69, 9.17) is 4.74 Å². The second kappa shape index (κ2) is 6.64. The number of hydrogen-bond acceptors (Lipinski definition) is 5. The number of rotatable bonds is 3. The molecule has 0 spiro atoms. The summed E-state index contributed by atoms with van der Waals surface area (Å²) in [5.74, 6) is -0.453. The van der Waals surface area contributed by atoms with Crippen molar-refractivity contribution in [3.8, 4) is 0 Å². The van der Waals surface area contributed by atoms with Gasteiger partial charge in [0.2, 0.25) is 5.69 Å². The average molecular weight is 344 g/mol. The number of aromatic amines is 1. The Morgan fingerprint density at radius 1 is 1.40 bits per heavy atom. The number of nitrogens with one attached hydrogen (secondary N) is 1. The highest BCUT2D eigenvalue weighted by Crippen LogP contribution is 2.29. The van der Waals surface area contributed by atoms with Crippen LogP contribution in [0.4, 0.5) is 5.69 Å². The zero-order valence-electron chi connectivity index (χ0n) is 14.4. The van der Waals surface area contributed by atoms with Crippen molar-refractivity contribution in [3.05, 3.63) is 56.9 Å². The van der Waals surface area contributed by atoms with Gasteiger partial charge >= 0.3 is 5.69 Å². The highest BCUT2D eigenvalue weighted by molar-refractivity contribution is 5.96. The maximum absolute atomic E-state index is 12.9. The minimum atomic E-state index is -0.573. The molecule has 25 heavy (non-hydrogen) atoms. The van der Waals surface area contributed by atoms with E-state index in [1.807, 2.05) is 38.1 Å². The van der Waals surface area contributed by atoms with Crippen molar-refractivity contribution in [2.45, 2.75) is 32.9 Å². The molecule has 1 aliphatic heterocycles. The summed E-state index contributed by atoms with van der Waals surface area (Å²) in [5, 5.41) is 17.7. The third kappa shape index (κ3) is 3.12. The predicted octanol–water partition coefficient (Wildman–Crippen LogP) is 2.54. The zero-order valence-corrected chi connectivity index (χ0v) is 14.4. The standard InChI is InChI=1S/C17H20N4O4/c1-10-6-4-5-7-13(10)14-8-20(11(2)9-25-14)17(22)15-16(21(23)24)12(3)18-19-15/h4-7,11,14H,8-9H2,1-3H3,(H,18,19)/t11-,14+/m1/s1. The van der Waals surface area contributed by atoms with Crippen LogP contribution in [-0.2, 0) is 4.74 Å². The SMILES string of the molecule is Cc1ccccc1[C@@H]1CN(C(=O)c2n[nH]c(C)c2[N+](=O)[O-])[C@H](C)CO1. The van der Waals surface area contributed by atoms with Crippen LogP contribution in [0.5, 0.6) is 0 Å². The van der Waals surface area contributed by atoms with Gasteiger partial charge in [-0.15, -0.1) is 0 Å². The first-order chi connectivity index (χ1) is 11.9. The molecule has 1 N–H and O–H groups in total. The van der Waals surface area contributed by atoms with Gasteiger partial charge in [0, 0.05) is 0 Å². The summed E-state index contributed by atoms with van der Waals surface area (Å²) in [6.45, 7) is 6.07. The normalized spacial score (nSPS) is 20.5. The number of ether oxygens (including phenoxy) is 1. The van der Waals surface area contributed by atoms with Crippen LogP contribution in [0.2, 0.25) is 0 Å². The quantitative estimate of drug-likeness (QED) is 0.681. The first kappa shape index (κ1) is 17.1. The highest BCUT2D eigenvalue weighted by atomic mass is 16.6. The first-order valence-corrected chi connectivity index (χ1v) is 8.07. The number of morpholine rings is 1. The predicted molar refractivity (Wildman–Crippen MR) is 90.3 cm³/mol. The van der Waals surface area contributed by atoms with Gasteiger partial charge in [0.05, 0.1) is 24.1 Å². The molecule has 0 radical (unpaired) electrons. The number of carbonyl (C=O) groups excluding carboxylic acids is 1. The number of aryl methyl sites for hydroxylation is 2. The van der Waals surface area contributed by atoms with Crippen molar-refractivity contribution in [1.29, 1.82) is 0 Å².